The Morgan fingerprint density at radius 1 is 0.519 bits per heavy atom. The number of nitrogens with one attached hydrogen (secondary N) is 3. The third-order valence-electron chi connectivity index (χ3n) is 10.5. The van der Waals surface area contributed by atoms with E-state index in [1.807, 2.05) is 19.1 Å². The van der Waals surface area contributed by atoms with E-state index in [0.717, 1.165) is 76.5 Å². The van der Waals surface area contributed by atoms with Crippen molar-refractivity contribution in [2.45, 2.75) is 104 Å². The first-order chi connectivity index (χ1) is 26.2. The number of benzene rings is 3. The summed E-state index contributed by atoms with van der Waals surface area (Å²) in [4.78, 5) is 7.09. The molecule has 0 aromatic heterocycles. The van der Waals surface area contributed by atoms with Gasteiger partial charge in [-0.15, -0.1) is 0 Å². The van der Waals surface area contributed by atoms with Crippen LogP contribution in [0, 0.1) is 17.5 Å². The first-order valence-electron chi connectivity index (χ1n) is 20.6. The highest BCUT2D eigenvalue weighted by Gasteiger charge is 2.27. The van der Waals surface area contributed by atoms with Crippen LogP contribution in [0.1, 0.15) is 83.4 Å². The van der Waals surface area contributed by atoms with E-state index in [0.29, 0.717) is 36.7 Å². The molecule has 3 aromatic rings. The molecule has 0 spiro atoms. The molecule has 0 bridgehead atoms. The Bertz CT molecular complexity index is 1480. The monoisotopic (exact) mass is 755 g/mol. The number of hydrogen-bond acceptors (Lipinski definition) is 6. The molecule has 3 aliphatic heterocycles. The summed E-state index contributed by atoms with van der Waals surface area (Å²) in [6, 6.07) is 18.2. The molecule has 0 aliphatic carbocycles. The predicted octanol–water partition coefficient (Wildman–Crippen LogP) is 9.41. The van der Waals surface area contributed by atoms with Crippen LogP contribution in [0.25, 0.3) is 0 Å². The summed E-state index contributed by atoms with van der Waals surface area (Å²) in [6.45, 7) is 19.4. The lowest BCUT2D eigenvalue weighted by molar-refractivity contribution is 0.155. The van der Waals surface area contributed by atoms with Gasteiger partial charge in [-0.1, -0.05) is 65.7 Å². The van der Waals surface area contributed by atoms with Crippen LogP contribution in [-0.4, -0.2) is 98.4 Å². The van der Waals surface area contributed by atoms with Crippen molar-refractivity contribution in [2.24, 2.45) is 0 Å². The topological polar surface area (TPSA) is 45.8 Å². The van der Waals surface area contributed by atoms with Crippen LogP contribution < -0.4 is 16.0 Å². The van der Waals surface area contributed by atoms with Crippen molar-refractivity contribution in [1.29, 1.82) is 0 Å². The van der Waals surface area contributed by atoms with Gasteiger partial charge in [0, 0.05) is 68.4 Å². The van der Waals surface area contributed by atoms with Crippen LogP contribution >= 0.6 is 0 Å². The number of anilines is 3. The second kappa shape index (κ2) is 22.9. The number of alkyl halides is 1. The number of aryl methyl sites for hydroxylation is 2. The van der Waals surface area contributed by atoms with Crippen molar-refractivity contribution < 1.29 is 17.6 Å². The normalized spacial score (nSPS) is 16.6. The van der Waals surface area contributed by atoms with Crippen molar-refractivity contribution in [1.82, 2.24) is 14.7 Å². The van der Waals surface area contributed by atoms with Crippen LogP contribution in [-0.2, 0) is 19.3 Å². The summed E-state index contributed by atoms with van der Waals surface area (Å²) in [6.07, 6.45) is 7.81. The van der Waals surface area contributed by atoms with Crippen LogP contribution in [0.2, 0.25) is 0 Å². The minimum absolute atomic E-state index is 0.0929. The number of likely N-dealkylation sites (tertiary alicyclic amines) is 3. The summed E-state index contributed by atoms with van der Waals surface area (Å²) in [5.74, 6) is -0.996. The Morgan fingerprint density at radius 3 is 1.39 bits per heavy atom. The molecule has 6 nitrogen and oxygen atoms in total. The van der Waals surface area contributed by atoms with E-state index < -0.39 is 11.6 Å². The van der Waals surface area contributed by atoms with Gasteiger partial charge in [0.2, 0.25) is 0 Å². The van der Waals surface area contributed by atoms with Crippen molar-refractivity contribution in [3.8, 4) is 0 Å². The lowest BCUT2D eigenvalue weighted by atomic mass is 10.1. The fourth-order valence-corrected chi connectivity index (χ4v) is 7.07. The molecule has 0 radical (unpaired) electrons. The van der Waals surface area contributed by atoms with E-state index in [1.54, 1.807) is 13.0 Å². The molecule has 0 atom stereocenters. The molecule has 3 aromatic carbocycles. The van der Waals surface area contributed by atoms with Crippen LogP contribution in [0.5, 0.6) is 0 Å². The van der Waals surface area contributed by atoms with E-state index in [4.69, 9.17) is 0 Å². The standard InChI is InChI=1S/C15H22F2N2.C15H23FN2.C14H21FN2/c1-3-5-6-19-9-12(10-19)18-11-7-14(16)13(4-2)15(17)8-11;1-3-5-8-18-10-14(11-18)17-13-7-6-12(4-2)15(16)9-13;1-2-12-4-6-13(7-5-12)16-14-10-17(11-14)9-3-8-15/h7-8,12,18H,3-6,9-10H2,1-2H3;6-7,9,14,17H,3-5,8,10-11H2,1-2H3;4-7,14,16H,2-3,8-11H2,1H3. The zero-order chi connectivity index (χ0) is 38.9. The lowest BCUT2D eigenvalue weighted by Gasteiger charge is -2.40. The molecule has 3 saturated heterocycles. The van der Waals surface area contributed by atoms with Gasteiger partial charge in [-0.3, -0.25) is 19.1 Å². The van der Waals surface area contributed by atoms with Crippen molar-refractivity contribution >= 4 is 17.1 Å². The molecule has 300 valence electrons. The molecule has 54 heavy (non-hydrogen) atoms. The molecule has 6 rings (SSSR count). The highest BCUT2D eigenvalue weighted by atomic mass is 19.1. The van der Waals surface area contributed by atoms with Gasteiger partial charge in [0.1, 0.15) is 17.5 Å². The van der Waals surface area contributed by atoms with Crippen molar-refractivity contribution in [3.63, 3.8) is 0 Å². The van der Waals surface area contributed by atoms with Gasteiger partial charge in [0.25, 0.3) is 0 Å². The minimum atomic E-state index is -0.452. The molecule has 10 heteroatoms. The molecule has 3 fully saturated rings. The number of rotatable bonds is 18. The van der Waals surface area contributed by atoms with E-state index in [-0.39, 0.29) is 18.1 Å². The average molecular weight is 755 g/mol. The van der Waals surface area contributed by atoms with Crippen LogP contribution in [0.15, 0.2) is 54.6 Å². The van der Waals surface area contributed by atoms with Crippen LogP contribution in [0.3, 0.4) is 0 Å². The quantitative estimate of drug-likeness (QED) is 0.113. The smallest absolute Gasteiger partial charge is 0.131 e. The second-order valence-corrected chi connectivity index (χ2v) is 15.0. The molecule has 0 unspecified atom stereocenters. The van der Waals surface area contributed by atoms with Crippen molar-refractivity contribution in [3.05, 3.63) is 88.7 Å². The van der Waals surface area contributed by atoms with Gasteiger partial charge in [-0.2, -0.15) is 0 Å². The number of hydrogen-bond donors (Lipinski definition) is 3. The predicted molar refractivity (Wildman–Crippen MR) is 219 cm³/mol. The first kappa shape index (κ1) is 43.4. The van der Waals surface area contributed by atoms with Gasteiger partial charge in [0.15, 0.2) is 0 Å². The van der Waals surface area contributed by atoms with E-state index in [9.17, 15) is 17.6 Å². The first-order valence-corrected chi connectivity index (χ1v) is 20.6. The molecular formula is C44H66F4N6. The van der Waals surface area contributed by atoms with Gasteiger partial charge in [0.05, 0.1) is 24.8 Å². The summed E-state index contributed by atoms with van der Waals surface area (Å²) >= 11 is 0. The van der Waals surface area contributed by atoms with E-state index >= 15 is 0 Å². The third-order valence-corrected chi connectivity index (χ3v) is 10.5. The number of nitrogens with zero attached hydrogens (tertiary/aromatic N) is 3. The zero-order valence-corrected chi connectivity index (χ0v) is 33.5. The molecule has 3 N–H and O–H groups in total. The molecule has 3 heterocycles. The highest BCUT2D eigenvalue weighted by Crippen LogP contribution is 2.23. The summed E-state index contributed by atoms with van der Waals surface area (Å²) in [5.41, 5.74) is 4.98. The van der Waals surface area contributed by atoms with Gasteiger partial charge >= 0.3 is 0 Å². The maximum absolute atomic E-state index is 13.6. The Hall–Kier alpha value is -3.34. The van der Waals surface area contributed by atoms with E-state index in [2.05, 4.69) is 75.7 Å². The third kappa shape index (κ3) is 13.7. The molecule has 0 amide bonds. The fraction of sp³-hybridized carbons (Fsp3) is 0.591. The second-order valence-electron chi connectivity index (χ2n) is 15.0. The Kier molecular flexibility index (Phi) is 18.4. The van der Waals surface area contributed by atoms with Gasteiger partial charge in [-0.05, 0) is 99.1 Å². The highest BCUT2D eigenvalue weighted by molar-refractivity contribution is 5.48. The molecular weight excluding hydrogens is 689 g/mol. The maximum atomic E-state index is 13.6. The van der Waals surface area contributed by atoms with Crippen LogP contribution in [0.4, 0.5) is 34.6 Å². The largest absolute Gasteiger partial charge is 0.380 e. The summed E-state index contributed by atoms with van der Waals surface area (Å²) in [5, 5.41) is 10.1. The fourth-order valence-electron chi connectivity index (χ4n) is 7.07. The lowest BCUT2D eigenvalue weighted by Crippen LogP contribution is -2.54. The summed E-state index contributed by atoms with van der Waals surface area (Å²) < 4.78 is 52.9. The Labute approximate surface area is 323 Å². The number of halogens is 4. The SMILES string of the molecule is CCCCN1CC(Nc2cc(F)c(CC)c(F)c2)C1.CCCCN1CC(Nc2ccc(CC)c(F)c2)C1.CCc1ccc(NC2CN(CCCF)C2)cc1. The zero-order valence-electron chi connectivity index (χ0n) is 33.5. The van der Waals surface area contributed by atoms with E-state index in [1.165, 1.54) is 55.6 Å². The summed E-state index contributed by atoms with van der Waals surface area (Å²) in [7, 11) is 0. The van der Waals surface area contributed by atoms with Crippen molar-refractivity contribution in [2.75, 3.05) is 81.5 Å². The minimum Gasteiger partial charge on any atom is -0.380 e. The Morgan fingerprint density at radius 2 is 0.963 bits per heavy atom. The average Bonchev–Trinajstić information content (AvgIpc) is 3.12. The maximum Gasteiger partial charge on any atom is 0.131 e. The molecule has 3 aliphatic rings. The Balaban J connectivity index is 0.000000181. The number of unbranched alkanes of at least 4 members (excludes halogenated alkanes) is 2. The molecule has 0 saturated carbocycles. The van der Waals surface area contributed by atoms with Gasteiger partial charge < -0.3 is 16.0 Å². The van der Waals surface area contributed by atoms with Gasteiger partial charge in [-0.25, -0.2) is 13.2 Å².